The molecule has 0 radical (unpaired) electrons. The normalized spacial score (nSPS) is 21.4. The summed E-state index contributed by atoms with van der Waals surface area (Å²) in [6.45, 7) is 1.16. The second-order valence-corrected chi connectivity index (χ2v) is 10.8. The first-order chi connectivity index (χ1) is 15.8. The van der Waals surface area contributed by atoms with Crippen LogP contribution in [0.1, 0.15) is 55.3 Å². The molecular formula is C22H31N5O5S. The zero-order valence-corrected chi connectivity index (χ0v) is 19.7. The van der Waals surface area contributed by atoms with Crippen molar-refractivity contribution in [3.05, 3.63) is 29.8 Å². The van der Waals surface area contributed by atoms with Crippen LogP contribution in [0.2, 0.25) is 0 Å². The molecule has 0 unspecified atom stereocenters. The molecule has 3 fully saturated rings. The zero-order valence-electron chi connectivity index (χ0n) is 18.9. The van der Waals surface area contributed by atoms with Gasteiger partial charge in [-0.3, -0.25) is 19.8 Å². The summed E-state index contributed by atoms with van der Waals surface area (Å²) < 4.78 is 29.1. The number of hydrazine groups is 1. The van der Waals surface area contributed by atoms with Crippen molar-refractivity contribution in [2.75, 3.05) is 38.2 Å². The first kappa shape index (κ1) is 23.7. The highest BCUT2D eigenvalue weighted by Gasteiger charge is 2.35. The zero-order chi connectivity index (χ0) is 23.6. The van der Waals surface area contributed by atoms with Crippen molar-refractivity contribution in [3.63, 3.8) is 0 Å². The molecule has 11 heteroatoms. The van der Waals surface area contributed by atoms with E-state index in [0.717, 1.165) is 32.1 Å². The summed E-state index contributed by atoms with van der Waals surface area (Å²) in [6.07, 6.45) is 5.40. The van der Waals surface area contributed by atoms with Gasteiger partial charge in [0.05, 0.1) is 5.69 Å². The third kappa shape index (κ3) is 5.04. The Morgan fingerprint density at radius 2 is 1.61 bits per heavy atom. The summed E-state index contributed by atoms with van der Waals surface area (Å²) in [5, 5.41) is 1.20. The van der Waals surface area contributed by atoms with Gasteiger partial charge >= 0.3 is 0 Å². The molecule has 0 spiro atoms. The number of amides is 3. The average molecular weight is 478 g/mol. The number of anilines is 1. The van der Waals surface area contributed by atoms with Gasteiger partial charge in [-0.25, -0.2) is 5.01 Å². The van der Waals surface area contributed by atoms with E-state index in [2.05, 4.69) is 5.43 Å². The molecule has 1 aromatic carbocycles. The number of nitrogens with one attached hydrogen (secondary N) is 1. The van der Waals surface area contributed by atoms with E-state index >= 15 is 0 Å². The molecule has 0 aromatic heterocycles. The van der Waals surface area contributed by atoms with Gasteiger partial charge < -0.3 is 4.90 Å². The second kappa shape index (κ2) is 9.78. The van der Waals surface area contributed by atoms with Crippen LogP contribution in [0.25, 0.3) is 0 Å². The molecule has 0 atom stereocenters. The van der Waals surface area contributed by atoms with Crippen molar-refractivity contribution >= 4 is 33.6 Å². The third-order valence-corrected chi connectivity index (χ3v) is 8.77. The molecule has 180 valence electrons. The fraction of sp³-hybridized carbons (Fsp3) is 0.591. The summed E-state index contributed by atoms with van der Waals surface area (Å²) in [5.41, 5.74) is 3.47. The molecule has 3 amide bonds. The van der Waals surface area contributed by atoms with E-state index in [1.54, 1.807) is 36.2 Å². The molecule has 4 rings (SSSR count). The number of piperazine rings is 1. The van der Waals surface area contributed by atoms with Crippen molar-refractivity contribution in [2.24, 2.45) is 0 Å². The molecular weight excluding hydrogens is 446 g/mol. The van der Waals surface area contributed by atoms with E-state index in [1.165, 1.54) is 13.6 Å². The summed E-state index contributed by atoms with van der Waals surface area (Å²) in [4.78, 5) is 38.2. The monoisotopic (exact) mass is 477 g/mol. The third-order valence-electron chi connectivity index (χ3n) is 6.73. The fourth-order valence-corrected chi connectivity index (χ4v) is 6.23. The maximum Gasteiger partial charge on any atom is 0.282 e. The topological polar surface area (TPSA) is 110 Å². The van der Waals surface area contributed by atoms with E-state index < -0.39 is 10.2 Å². The Morgan fingerprint density at radius 3 is 2.24 bits per heavy atom. The summed E-state index contributed by atoms with van der Waals surface area (Å²) in [6, 6.07) is 6.53. The van der Waals surface area contributed by atoms with E-state index in [-0.39, 0.29) is 49.7 Å². The number of benzene rings is 1. The van der Waals surface area contributed by atoms with Crippen molar-refractivity contribution in [1.29, 1.82) is 0 Å². The molecule has 1 aliphatic carbocycles. The molecule has 0 bridgehead atoms. The largest absolute Gasteiger partial charge is 0.336 e. The molecule has 2 saturated heterocycles. The van der Waals surface area contributed by atoms with Crippen LogP contribution in [-0.2, 0) is 19.8 Å². The van der Waals surface area contributed by atoms with Gasteiger partial charge in [0.25, 0.3) is 16.1 Å². The predicted molar refractivity (Wildman–Crippen MR) is 122 cm³/mol. The number of hydrogen-bond acceptors (Lipinski definition) is 5. The predicted octanol–water partition coefficient (Wildman–Crippen LogP) is 1.11. The fourth-order valence-electron chi connectivity index (χ4n) is 4.66. The van der Waals surface area contributed by atoms with Crippen molar-refractivity contribution in [2.45, 2.75) is 51.0 Å². The van der Waals surface area contributed by atoms with Crippen LogP contribution in [0.4, 0.5) is 5.69 Å². The number of rotatable bonds is 5. The lowest BCUT2D eigenvalue weighted by Crippen LogP contribution is -2.55. The van der Waals surface area contributed by atoms with E-state index in [9.17, 15) is 22.8 Å². The van der Waals surface area contributed by atoms with Crippen molar-refractivity contribution < 1.29 is 22.8 Å². The molecule has 2 aliphatic heterocycles. The molecule has 1 aromatic rings. The molecule has 10 nitrogen and oxygen atoms in total. The lowest BCUT2D eigenvalue weighted by Gasteiger charge is -2.38. The van der Waals surface area contributed by atoms with Crippen molar-refractivity contribution in [1.82, 2.24) is 18.9 Å². The van der Waals surface area contributed by atoms with Crippen LogP contribution in [0.5, 0.6) is 0 Å². The van der Waals surface area contributed by atoms with Gasteiger partial charge in [0, 0.05) is 57.7 Å². The Labute approximate surface area is 194 Å². The Morgan fingerprint density at radius 1 is 0.970 bits per heavy atom. The van der Waals surface area contributed by atoms with Gasteiger partial charge in [0.2, 0.25) is 11.8 Å². The molecule has 1 N–H and O–H groups in total. The number of carbonyl (C=O) groups excluding carboxylic acids is 3. The highest BCUT2D eigenvalue weighted by molar-refractivity contribution is 7.86. The summed E-state index contributed by atoms with van der Waals surface area (Å²) in [5.74, 6) is -0.617. The van der Waals surface area contributed by atoms with Crippen LogP contribution in [0.15, 0.2) is 24.3 Å². The second-order valence-electron chi connectivity index (χ2n) is 8.82. The SMILES string of the molecule is CN(C1CCCCC1)S(=O)(=O)N1CCN(C(=O)c2ccc(N3NC(=O)CCC3=O)cc2)CC1. The van der Waals surface area contributed by atoms with Gasteiger partial charge in [0.1, 0.15) is 0 Å². The van der Waals surface area contributed by atoms with E-state index in [0.29, 0.717) is 24.3 Å². The molecule has 2 heterocycles. The highest BCUT2D eigenvalue weighted by atomic mass is 32.2. The van der Waals surface area contributed by atoms with E-state index in [4.69, 9.17) is 0 Å². The van der Waals surface area contributed by atoms with Gasteiger partial charge in [0.15, 0.2) is 0 Å². The van der Waals surface area contributed by atoms with Gasteiger partial charge in [-0.1, -0.05) is 19.3 Å². The summed E-state index contributed by atoms with van der Waals surface area (Å²) in [7, 11) is -1.88. The van der Waals surface area contributed by atoms with Crippen LogP contribution >= 0.6 is 0 Å². The molecule has 3 aliphatic rings. The van der Waals surface area contributed by atoms with Crippen LogP contribution in [0.3, 0.4) is 0 Å². The minimum absolute atomic E-state index is 0.0542. The van der Waals surface area contributed by atoms with Crippen LogP contribution < -0.4 is 10.4 Å². The molecule has 33 heavy (non-hydrogen) atoms. The average Bonchev–Trinajstić information content (AvgIpc) is 2.85. The first-order valence-corrected chi connectivity index (χ1v) is 12.9. The minimum atomic E-state index is -3.55. The first-order valence-electron chi connectivity index (χ1n) is 11.5. The Kier molecular flexibility index (Phi) is 7.01. The van der Waals surface area contributed by atoms with Gasteiger partial charge in [-0.05, 0) is 37.1 Å². The van der Waals surface area contributed by atoms with Crippen LogP contribution in [0, 0.1) is 0 Å². The molecule has 1 saturated carbocycles. The lowest BCUT2D eigenvalue weighted by atomic mass is 9.96. The summed E-state index contributed by atoms with van der Waals surface area (Å²) >= 11 is 0. The number of nitrogens with zero attached hydrogens (tertiary/aromatic N) is 4. The Balaban J connectivity index is 1.35. The Hall–Kier alpha value is -2.50. The maximum atomic E-state index is 13.1. The quantitative estimate of drug-likeness (QED) is 0.683. The van der Waals surface area contributed by atoms with Crippen molar-refractivity contribution in [3.8, 4) is 0 Å². The smallest absolute Gasteiger partial charge is 0.282 e. The number of hydrogen-bond donors (Lipinski definition) is 1. The van der Waals surface area contributed by atoms with E-state index in [1.807, 2.05) is 0 Å². The van der Waals surface area contributed by atoms with Gasteiger partial charge in [-0.2, -0.15) is 17.0 Å². The lowest BCUT2D eigenvalue weighted by molar-refractivity contribution is -0.130. The maximum absolute atomic E-state index is 13.1. The standard InChI is InChI=1S/C22H31N5O5S/c1-24(18-5-3-2-4-6-18)33(31,32)26-15-13-25(14-16-26)22(30)17-7-9-19(10-8-17)27-21(29)12-11-20(28)23-27/h7-10,18H,2-6,11-16H2,1H3,(H,23,28). The Bertz CT molecular complexity index is 999. The van der Waals surface area contributed by atoms with Crippen LogP contribution in [-0.4, -0.2) is 78.9 Å². The van der Waals surface area contributed by atoms with Gasteiger partial charge in [-0.15, -0.1) is 0 Å². The number of carbonyl (C=O) groups is 3. The highest BCUT2D eigenvalue weighted by Crippen LogP contribution is 2.25. The minimum Gasteiger partial charge on any atom is -0.336 e.